The minimum Gasteiger partial charge on any atom is -0.412 e. The van der Waals surface area contributed by atoms with Crippen molar-refractivity contribution < 1.29 is 14.9 Å². The summed E-state index contributed by atoms with van der Waals surface area (Å²) in [5, 5.41) is 2.87. The number of hydrogen-bond donors (Lipinski definition) is 3. The van der Waals surface area contributed by atoms with Gasteiger partial charge in [0.1, 0.15) is 0 Å². The van der Waals surface area contributed by atoms with Crippen molar-refractivity contribution in [2.75, 3.05) is 18.7 Å². The van der Waals surface area contributed by atoms with Crippen LogP contribution in [0.3, 0.4) is 0 Å². The first-order valence-corrected chi connectivity index (χ1v) is 8.22. The molecule has 3 heterocycles. The van der Waals surface area contributed by atoms with Gasteiger partial charge in [-0.25, -0.2) is 11.4 Å². The first-order valence-electron chi connectivity index (χ1n) is 8.22. The van der Waals surface area contributed by atoms with Crippen LogP contribution in [0.15, 0.2) is 29.2 Å². The maximum absolute atomic E-state index is 11.6. The fourth-order valence-electron chi connectivity index (χ4n) is 3.58. The Morgan fingerprint density at radius 3 is 2.56 bits per heavy atom. The third-order valence-electron chi connectivity index (χ3n) is 4.93. The number of nitrogens with zero attached hydrogens (tertiary/aromatic N) is 2. The summed E-state index contributed by atoms with van der Waals surface area (Å²) in [6, 6.07) is 5.48. The standard InChI is InChI=1S/C16H21N5O3.H2O/c17-20-21-15(22)9-14(19-21)12-1-2-13(18-10-12)11-3-5-16(6-4-11)23-7-8-24-16;/h1-2,9-11,19-20H,3-8,17H2;1H2. The van der Waals surface area contributed by atoms with Crippen molar-refractivity contribution in [2.45, 2.75) is 37.4 Å². The Labute approximate surface area is 144 Å². The lowest BCUT2D eigenvalue weighted by molar-refractivity contribution is -0.178. The van der Waals surface area contributed by atoms with Gasteiger partial charge >= 0.3 is 0 Å². The Hall–Kier alpha value is -2.20. The molecule has 4 rings (SSSR count). The van der Waals surface area contributed by atoms with Crippen LogP contribution in [0, 0.1) is 0 Å². The Bertz CT molecular complexity index is 754. The Balaban J connectivity index is 0.00000182. The van der Waals surface area contributed by atoms with Gasteiger partial charge in [0.05, 0.1) is 18.9 Å². The molecule has 2 aromatic heterocycles. The molecule has 9 heteroatoms. The SMILES string of the molecule is NNn1[nH]c(-c2ccc(C3CCC4(CC3)OCCO4)nc2)cc1=O.O. The summed E-state index contributed by atoms with van der Waals surface area (Å²) in [4.78, 5) is 17.3. The molecular formula is C16H23N5O4. The molecule has 136 valence electrons. The molecule has 0 radical (unpaired) electrons. The largest absolute Gasteiger partial charge is 0.412 e. The molecule has 1 aliphatic heterocycles. The molecule has 9 nitrogen and oxygen atoms in total. The number of rotatable bonds is 3. The predicted octanol–water partition coefficient (Wildman–Crippen LogP) is 0.232. The number of aromatic nitrogens is 3. The minimum atomic E-state index is -0.339. The summed E-state index contributed by atoms with van der Waals surface area (Å²) in [5.74, 6) is 5.34. The van der Waals surface area contributed by atoms with E-state index in [0.717, 1.165) is 41.7 Å². The van der Waals surface area contributed by atoms with E-state index in [4.69, 9.17) is 15.3 Å². The number of ether oxygens (including phenoxy) is 2. The van der Waals surface area contributed by atoms with Gasteiger partial charge in [-0.3, -0.25) is 14.9 Å². The first kappa shape index (κ1) is 17.6. The Morgan fingerprint density at radius 2 is 2.00 bits per heavy atom. The van der Waals surface area contributed by atoms with Crippen molar-refractivity contribution in [3.63, 3.8) is 0 Å². The van der Waals surface area contributed by atoms with Crippen molar-refractivity contribution in [3.8, 4) is 11.3 Å². The van der Waals surface area contributed by atoms with E-state index in [1.807, 2.05) is 12.1 Å². The summed E-state index contributed by atoms with van der Waals surface area (Å²) in [5.41, 5.74) is 4.63. The van der Waals surface area contributed by atoms with Crippen molar-refractivity contribution in [3.05, 3.63) is 40.4 Å². The first-order chi connectivity index (χ1) is 11.7. The fourth-order valence-corrected chi connectivity index (χ4v) is 3.58. The number of H-pyrrole nitrogens is 1. The third-order valence-corrected chi connectivity index (χ3v) is 4.93. The zero-order valence-corrected chi connectivity index (χ0v) is 13.8. The number of nitrogen functional groups attached to an aromatic ring is 1. The Kier molecular flexibility index (Phi) is 4.91. The normalized spacial score (nSPS) is 19.7. The molecule has 2 fully saturated rings. The molecule has 1 aliphatic carbocycles. The van der Waals surface area contributed by atoms with Crippen LogP contribution in [0.2, 0.25) is 0 Å². The summed E-state index contributed by atoms with van der Waals surface area (Å²) in [6.07, 6.45) is 5.64. The van der Waals surface area contributed by atoms with Gasteiger partial charge in [-0.2, -0.15) is 0 Å². The van der Waals surface area contributed by atoms with E-state index in [2.05, 4.69) is 15.6 Å². The van der Waals surface area contributed by atoms with Crippen LogP contribution in [0.5, 0.6) is 0 Å². The van der Waals surface area contributed by atoms with E-state index in [0.29, 0.717) is 24.8 Å². The van der Waals surface area contributed by atoms with E-state index in [-0.39, 0.29) is 16.8 Å². The lowest BCUT2D eigenvalue weighted by atomic mass is 9.83. The lowest BCUT2D eigenvalue weighted by Gasteiger charge is -2.35. The highest BCUT2D eigenvalue weighted by Gasteiger charge is 2.40. The van der Waals surface area contributed by atoms with Crippen molar-refractivity contribution in [2.24, 2.45) is 5.84 Å². The lowest BCUT2D eigenvalue weighted by Crippen LogP contribution is -2.34. The highest BCUT2D eigenvalue weighted by atomic mass is 16.7. The zero-order valence-electron chi connectivity index (χ0n) is 13.8. The average Bonchev–Trinajstić information content (AvgIpc) is 3.23. The number of nitrogens with two attached hydrogens (primary N) is 1. The van der Waals surface area contributed by atoms with E-state index in [1.165, 1.54) is 6.07 Å². The van der Waals surface area contributed by atoms with Gasteiger partial charge in [0, 0.05) is 42.3 Å². The molecule has 0 amide bonds. The van der Waals surface area contributed by atoms with E-state index in [1.54, 1.807) is 6.20 Å². The smallest absolute Gasteiger partial charge is 0.287 e. The number of nitrogens with one attached hydrogen (secondary N) is 2. The molecule has 25 heavy (non-hydrogen) atoms. The quantitative estimate of drug-likeness (QED) is 0.535. The van der Waals surface area contributed by atoms with Gasteiger partial charge in [0.15, 0.2) is 5.79 Å². The molecule has 1 saturated heterocycles. The van der Waals surface area contributed by atoms with Crippen LogP contribution >= 0.6 is 0 Å². The number of aromatic amines is 1. The van der Waals surface area contributed by atoms with Crippen LogP contribution in [0.1, 0.15) is 37.3 Å². The minimum absolute atomic E-state index is 0. The van der Waals surface area contributed by atoms with Crippen LogP contribution < -0.4 is 16.9 Å². The second-order valence-corrected chi connectivity index (χ2v) is 6.33. The average molecular weight is 349 g/mol. The third kappa shape index (κ3) is 3.31. The molecular weight excluding hydrogens is 326 g/mol. The maximum Gasteiger partial charge on any atom is 0.287 e. The summed E-state index contributed by atoms with van der Waals surface area (Å²) < 4.78 is 11.5. The molecule has 0 unspecified atom stereocenters. The molecule has 0 bridgehead atoms. The monoisotopic (exact) mass is 349 g/mol. The summed E-state index contributed by atoms with van der Waals surface area (Å²) in [6.45, 7) is 1.40. The molecule has 2 aliphatic rings. The van der Waals surface area contributed by atoms with Gasteiger partial charge in [0.2, 0.25) is 0 Å². The predicted molar refractivity (Wildman–Crippen MR) is 91.3 cm³/mol. The number of hydrogen-bond acceptors (Lipinski definition) is 6. The van der Waals surface area contributed by atoms with Gasteiger partial charge in [-0.05, 0) is 25.0 Å². The van der Waals surface area contributed by atoms with Crippen molar-refractivity contribution in [1.82, 2.24) is 14.9 Å². The number of pyridine rings is 1. The molecule has 1 saturated carbocycles. The van der Waals surface area contributed by atoms with Gasteiger partial charge < -0.3 is 14.9 Å². The number of hydrazine groups is 1. The molecule has 0 atom stereocenters. The molecule has 1 spiro atoms. The topological polar surface area (TPSA) is 139 Å². The van der Waals surface area contributed by atoms with E-state index >= 15 is 0 Å². The second kappa shape index (κ2) is 6.96. The van der Waals surface area contributed by atoms with Gasteiger partial charge in [0.25, 0.3) is 5.56 Å². The summed E-state index contributed by atoms with van der Waals surface area (Å²) in [7, 11) is 0. The van der Waals surface area contributed by atoms with Gasteiger partial charge in [-0.1, -0.05) is 0 Å². The Morgan fingerprint density at radius 1 is 1.28 bits per heavy atom. The van der Waals surface area contributed by atoms with E-state index in [9.17, 15) is 4.79 Å². The van der Waals surface area contributed by atoms with Crippen molar-refractivity contribution >= 4 is 0 Å². The maximum atomic E-state index is 11.6. The van der Waals surface area contributed by atoms with Crippen LogP contribution in [0.4, 0.5) is 0 Å². The molecule has 6 N–H and O–H groups in total. The molecule has 2 aromatic rings. The molecule has 0 aromatic carbocycles. The van der Waals surface area contributed by atoms with Crippen LogP contribution in [0.25, 0.3) is 11.3 Å². The highest BCUT2D eigenvalue weighted by molar-refractivity contribution is 5.57. The second-order valence-electron chi connectivity index (χ2n) is 6.33. The van der Waals surface area contributed by atoms with Crippen molar-refractivity contribution in [1.29, 1.82) is 0 Å². The summed E-state index contributed by atoms with van der Waals surface area (Å²) >= 11 is 0. The zero-order chi connectivity index (χ0) is 16.6. The fraction of sp³-hybridized carbons (Fsp3) is 0.500. The van der Waals surface area contributed by atoms with Crippen LogP contribution in [-0.4, -0.2) is 39.4 Å². The van der Waals surface area contributed by atoms with Gasteiger partial charge in [-0.15, -0.1) is 4.79 Å². The van der Waals surface area contributed by atoms with E-state index < -0.39 is 0 Å². The highest BCUT2D eigenvalue weighted by Crippen LogP contribution is 2.41. The van der Waals surface area contributed by atoms with Crippen LogP contribution in [-0.2, 0) is 9.47 Å².